The predicted molar refractivity (Wildman–Crippen MR) is 41.7 cm³/mol. The quantitative estimate of drug-likeness (QED) is 0.610. The second kappa shape index (κ2) is 8.65. The van der Waals surface area contributed by atoms with E-state index in [4.69, 9.17) is 15.0 Å². The van der Waals surface area contributed by atoms with Gasteiger partial charge in [-0.1, -0.05) is 0 Å². The van der Waals surface area contributed by atoms with Gasteiger partial charge in [-0.2, -0.15) is 0 Å². The second-order valence-corrected chi connectivity index (χ2v) is 2.30. The molecule has 0 aromatic heterocycles. The maximum Gasteiger partial charge on any atom is 0.503 e. The number of halogens is 7. The van der Waals surface area contributed by atoms with Crippen molar-refractivity contribution in [2.75, 3.05) is 6.67 Å². The minimum Gasteiger partial charge on any atom is -0.450 e. The number of hydrogen-bond donors (Lipinski definition) is 2. The lowest BCUT2D eigenvalue weighted by atomic mass is 10.1. The van der Waals surface area contributed by atoms with Gasteiger partial charge in [-0.25, -0.2) is 35.5 Å². The Morgan fingerprint density at radius 3 is 1.24 bits per heavy atom. The van der Waals surface area contributed by atoms with Crippen LogP contribution in [0.5, 0.6) is 0 Å². The number of alkyl halides is 7. The van der Waals surface area contributed by atoms with Crippen molar-refractivity contribution in [1.82, 2.24) is 0 Å². The van der Waals surface area contributed by atoms with E-state index in [-0.39, 0.29) is 0 Å². The van der Waals surface area contributed by atoms with Crippen molar-refractivity contribution in [2.24, 2.45) is 0 Å². The number of rotatable bonds is 4. The zero-order valence-corrected chi connectivity index (χ0v) is 7.89. The normalized spacial score (nSPS) is 10.2. The molecule has 17 heavy (non-hydrogen) atoms. The Kier molecular flexibility index (Phi) is 9.10. The summed E-state index contributed by atoms with van der Waals surface area (Å²) in [5.41, 5.74) is -3.94. The lowest BCUT2D eigenvalue weighted by molar-refractivity contribution is 0.0969. The molecule has 0 radical (unpaired) electrons. The predicted octanol–water partition coefficient (Wildman–Crippen LogP) is 3.27. The molecular formula is C7H7F7O3. The molecule has 0 spiro atoms. The van der Waals surface area contributed by atoms with Crippen molar-refractivity contribution in [3.63, 3.8) is 0 Å². The molecule has 0 aliphatic rings. The van der Waals surface area contributed by atoms with E-state index in [1.165, 1.54) is 0 Å². The molecule has 0 bridgehead atoms. The summed E-state index contributed by atoms with van der Waals surface area (Å²) in [6, 6.07) is 0. The molecule has 10 heteroatoms. The fourth-order valence-electron chi connectivity index (χ4n) is 0.637. The molecule has 0 saturated carbocycles. The highest BCUT2D eigenvalue weighted by molar-refractivity contribution is 5.53. The van der Waals surface area contributed by atoms with E-state index in [1.54, 1.807) is 0 Å². The summed E-state index contributed by atoms with van der Waals surface area (Å²) in [5, 5.41) is 13.9. The highest BCUT2D eigenvalue weighted by Gasteiger charge is 2.29. The van der Waals surface area contributed by atoms with Crippen molar-refractivity contribution in [3.8, 4) is 0 Å². The van der Waals surface area contributed by atoms with Crippen LogP contribution < -0.4 is 0 Å². The van der Waals surface area contributed by atoms with Crippen LogP contribution in [-0.4, -0.2) is 42.3 Å². The summed E-state index contributed by atoms with van der Waals surface area (Å²) in [6.07, 6.45) is -13.0. The van der Waals surface area contributed by atoms with Gasteiger partial charge in [-0.15, -0.1) is 0 Å². The molecule has 0 amide bonds. The van der Waals surface area contributed by atoms with Crippen LogP contribution in [0.4, 0.5) is 35.5 Å². The molecule has 0 aromatic rings. The van der Waals surface area contributed by atoms with Crippen molar-refractivity contribution in [3.05, 3.63) is 11.1 Å². The fourth-order valence-corrected chi connectivity index (χ4v) is 0.637. The topological polar surface area (TPSA) is 57.5 Å². The Morgan fingerprint density at radius 1 is 0.882 bits per heavy atom. The minimum absolute atomic E-state index is 1.83. The Bertz CT molecular complexity index is 250. The van der Waals surface area contributed by atoms with Gasteiger partial charge in [0.1, 0.15) is 6.67 Å². The summed E-state index contributed by atoms with van der Waals surface area (Å²) in [7, 11) is 0. The van der Waals surface area contributed by atoms with Crippen LogP contribution in [0.25, 0.3) is 0 Å². The maximum absolute atomic E-state index is 11.7. The van der Waals surface area contributed by atoms with Gasteiger partial charge in [-0.3, -0.25) is 0 Å². The Hall–Kier alpha value is -1.48. The third kappa shape index (κ3) is 8.34. The van der Waals surface area contributed by atoms with Gasteiger partial charge in [0.05, 0.1) is 5.57 Å². The Morgan fingerprint density at radius 2 is 1.18 bits per heavy atom. The van der Waals surface area contributed by atoms with Gasteiger partial charge in [0.15, 0.2) is 0 Å². The molecule has 102 valence electrons. The first-order valence-electron chi connectivity index (χ1n) is 3.70. The van der Waals surface area contributed by atoms with Gasteiger partial charge in [-0.05, 0) is 0 Å². The average Bonchev–Trinajstić information content (AvgIpc) is 2.10. The van der Waals surface area contributed by atoms with Crippen LogP contribution in [0.2, 0.25) is 0 Å². The molecule has 0 unspecified atom stereocenters. The van der Waals surface area contributed by atoms with Crippen molar-refractivity contribution < 1.29 is 45.7 Å². The van der Waals surface area contributed by atoms with Gasteiger partial charge in [0, 0.05) is 5.57 Å². The first-order valence-corrected chi connectivity index (χ1v) is 3.70. The molecular weight excluding hydrogens is 265 g/mol. The minimum atomic E-state index is -3.76. The lowest BCUT2D eigenvalue weighted by Crippen LogP contribution is -2.15. The second-order valence-electron chi connectivity index (χ2n) is 2.30. The van der Waals surface area contributed by atoms with Crippen molar-refractivity contribution in [1.29, 1.82) is 0 Å². The molecule has 0 atom stereocenters. The van der Waals surface area contributed by atoms with Crippen LogP contribution >= 0.6 is 0 Å². The SMILES string of the molecule is FCC(=C(C(F)F)C(F)F)C(F)F.O=C(O)O. The maximum atomic E-state index is 11.7. The van der Waals surface area contributed by atoms with Gasteiger partial charge in [0.25, 0.3) is 19.3 Å². The first kappa shape index (κ1) is 17.9. The third-order valence-corrected chi connectivity index (χ3v) is 1.25. The monoisotopic (exact) mass is 272 g/mol. The number of carboxylic acid groups (broad SMARTS) is 2. The highest BCUT2D eigenvalue weighted by atomic mass is 19.3. The largest absolute Gasteiger partial charge is 0.503 e. The van der Waals surface area contributed by atoms with Crippen molar-refractivity contribution >= 4 is 6.16 Å². The molecule has 0 saturated heterocycles. The number of hydrogen-bond acceptors (Lipinski definition) is 1. The smallest absolute Gasteiger partial charge is 0.450 e. The zero-order chi connectivity index (χ0) is 14.2. The summed E-state index contributed by atoms with van der Waals surface area (Å²) in [5.74, 6) is 0. The highest BCUT2D eigenvalue weighted by Crippen LogP contribution is 2.25. The molecule has 0 aromatic carbocycles. The molecule has 0 aliphatic heterocycles. The zero-order valence-electron chi connectivity index (χ0n) is 7.89. The molecule has 3 nitrogen and oxygen atoms in total. The van der Waals surface area contributed by atoms with E-state index in [0.29, 0.717) is 0 Å². The lowest BCUT2D eigenvalue weighted by Gasteiger charge is -2.10. The van der Waals surface area contributed by atoms with E-state index in [1.807, 2.05) is 0 Å². The first-order chi connectivity index (χ1) is 7.64. The molecule has 0 heterocycles. The van der Waals surface area contributed by atoms with E-state index < -0.39 is 43.3 Å². The number of carbonyl (C=O) groups is 1. The number of allylic oxidation sites excluding steroid dienone is 2. The third-order valence-electron chi connectivity index (χ3n) is 1.25. The fraction of sp³-hybridized carbons (Fsp3) is 0.571. The van der Waals surface area contributed by atoms with Crippen LogP contribution in [0.3, 0.4) is 0 Å². The van der Waals surface area contributed by atoms with Crippen molar-refractivity contribution in [2.45, 2.75) is 19.3 Å². The van der Waals surface area contributed by atoms with Crippen LogP contribution in [0.15, 0.2) is 11.1 Å². The molecule has 0 fully saturated rings. The molecule has 2 N–H and O–H groups in total. The summed E-state index contributed by atoms with van der Waals surface area (Å²) >= 11 is 0. The molecule has 0 aliphatic carbocycles. The summed E-state index contributed by atoms with van der Waals surface area (Å²) in [6.45, 7) is -2.00. The van der Waals surface area contributed by atoms with Gasteiger partial charge < -0.3 is 10.2 Å². The van der Waals surface area contributed by atoms with Crippen LogP contribution in [0, 0.1) is 0 Å². The van der Waals surface area contributed by atoms with E-state index >= 15 is 0 Å². The van der Waals surface area contributed by atoms with E-state index in [0.717, 1.165) is 0 Å². The Labute approximate surface area is 90.2 Å². The van der Waals surface area contributed by atoms with Crippen LogP contribution in [0.1, 0.15) is 0 Å². The standard InChI is InChI=1S/C6H5F7.CH2O3/c7-1-2(4(8)9)3(5(10)11)6(12)13;2-1(3)4/h4-6H,1H2;(H2,2,3,4). The van der Waals surface area contributed by atoms with Gasteiger partial charge in [0.2, 0.25) is 0 Å². The van der Waals surface area contributed by atoms with Gasteiger partial charge >= 0.3 is 6.16 Å². The molecule has 0 rings (SSSR count). The average molecular weight is 272 g/mol. The van der Waals surface area contributed by atoms with E-state index in [2.05, 4.69) is 0 Å². The summed E-state index contributed by atoms with van der Waals surface area (Å²) in [4.78, 5) is 8.56. The Balaban J connectivity index is 0. The summed E-state index contributed by atoms with van der Waals surface area (Å²) < 4.78 is 81.9. The van der Waals surface area contributed by atoms with E-state index in [9.17, 15) is 30.7 Å². The van der Waals surface area contributed by atoms with Crippen LogP contribution in [-0.2, 0) is 0 Å².